The van der Waals surface area contributed by atoms with Crippen molar-refractivity contribution >= 4 is 17.5 Å². The smallest absolute Gasteiger partial charge is 0.422 e. The maximum atomic E-state index is 12.4. The summed E-state index contributed by atoms with van der Waals surface area (Å²) in [5.41, 5.74) is 8.36. The van der Waals surface area contributed by atoms with Crippen molar-refractivity contribution in [2.45, 2.75) is 38.9 Å². The highest BCUT2D eigenvalue weighted by molar-refractivity contribution is 6.05. The van der Waals surface area contributed by atoms with E-state index in [-0.39, 0.29) is 30.1 Å². The number of hydrogen-bond donors (Lipinski definition) is 2. The molecule has 1 aliphatic heterocycles. The number of ether oxygens (including phenoxy) is 2. The number of primary amides is 1. The molecule has 0 aromatic heterocycles. The zero-order chi connectivity index (χ0) is 24.9. The number of halogens is 3. The number of nitrogens with one attached hydrogen (secondary N) is 1. The van der Waals surface area contributed by atoms with E-state index >= 15 is 0 Å². The van der Waals surface area contributed by atoms with Crippen LogP contribution in [0, 0.1) is 0 Å². The Morgan fingerprint density at radius 1 is 1.18 bits per heavy atom. The fourth-order valence-electron chi connectivity index (χ4n) is 3.97. The minimum absolute atomic E-state index is 0.0180. The number of amides is 2. The quantitative estimate of drug-likeness (QED) is 0.511. The molecular formula is C24H28F3N3O4. The van der Waals surface area contributed by atoms with Gasteiger partial charge >= 0.3 is 6.18 Å². The molecule has 0 spiro atoms. The van der Waals surface area contributed by atoms with Crippen LogP contribution < -0.4 is 25.4 Å². The molecule has 1 atom stereocenters. The summed E-state index contributed by atoms with van der Waals surface area (Å²) in [5.74, 6) is -0.438. The number of benzene rings is 2. The van der Waals surface area contributed by atoms with E-state index in [9.17, 15) is 22.8 Å². The van der Waals surface area contributed by atoms with Crippen molar-refractivity contribution in [3.63, 3.8) is 0 Å². The van der Waals surface area contributed by atoms with Gasteiger partial charge in [-0.15, -0.1) is 0 Å². The lowest BCUT2D eigenvalue weighted by Gasteiger charge is -2.20. The molecule has 7 nitrogen and oxygen atoms in total. The largest absolute Gasteiger partial charge is 0.488 e. The highest BCUT2D eigenvalue weighted by atomic mass is 19.4. The summed E-state index contributed by atoms with van der Waals surface area (Å²) >= 11 is 0. The van der Waals surface area contributed by atoms with Crippen LogP contribution in [0.2, 0.25) is 0 Å². The van der Waals surface area contributed by atoms with Crippen LogP contribution in [0.15, 0.2) is 36.4 Å². The Morgan fingerprint density at radius 3 is 2.47 bits per heavy atom. The van der Waals surface area contributed by atoms with E-state index in [1.165, 1.54) is 13.0 Å². The van der Waals surface area contributed by atoms with Gasteiger partial charge in [-0.05, 0) is 49.1 Å². The molecule has 10 heteroatoms. The molecule has 0 saturated carbocycles. The topological polar surface area (TPSA) is 93.9 Å². The van der Waals surface area contributed by atoms with Gasteiger partial charge in [-0.1, -0.05) is 18.2 Å². The van der Waals surface area contributed by atoms with Crippen molar-refractivity contribution in [3.8, 4) is 11.5 Å². The second-order valence-electron chi connectivity index (χ2n) is 8.19. The average Bonchev–Trinajstić information content (AvgIpc) is 3.19. The molecule has 0 bridgehead atoms. The molecule has 0 aliphatic carbocycles. The van der Waals surface area contributed by atoms with Gasteiger partial charge in [-0.3, -0.25) is 9.59 Å². The first-order chi connectivity index (χ1) is 16.0. The number of para-hydroxylation sites is 2. The van der Waals surface area contributed by atoms with Gasteiger partial charge in [0.15, 0.2) is 18.1 Å². The van der Waals surface area contributed by atoms with Gasteiger partial charge in [0.2, 0.25) is 5.91 Å². The molecule has 1 heterocycles. The normalized spacial score (nSPS) is 14.0. The van der Waals surface area contributed by atoms with Gasteiger partial charge in [-0.2, -0.15) is 13.2 Å². The second-order valence-corrected chi connectivity index (χ2v) is 8.19. The zero-order valence-corrected chi connectivity index (χ0v) is 19.1. The predicted octanol–water partition coefficient (Wildman–Crippen LogP) is 3.24. The Morgan fingerprint density at radius 2 is 1.85 bits per heavy atom. The SMILES string of the molecule is CC(=O)N1CCc2cc(C[C@H](C)NCCOc3ccccc3OCC(F)(F)F)cc(C(N)=O)c21. The van der Waals surface area contributed by atoms with E-state index in [2.05, 4.69) is 5.32 Å². The highest BCUT2D eigenvalue weighted by Crippen LogP contribution is 2.33. The van der Waals surface area contributed by atoms with Crippen LogP contribution in [0.5, 0.6) is 11.5 Å². The van der Waals surface area contributed by atoms with Crippen molar-refractivity contribution in [1.29, 1.82) is 0 Å². The molecule has 0 saturated heterocycles. The maximum absolute atomic E-state index is 12.4. The summed E-state index contributed by atoms with van der Waals surface area (Å²) in [6.45, 7) is 3.23. The predicted molar refractivity (Wildman–Crippen MR) is 121 cm³/mol. The molecule has 1 aliphatic rings. The Bertz CT molecular complexity index is 1040. The van der Waals surface area contributed by atoms with E-state index < -0.39 is 18.7 Å². The summed E-state index contributed by atoms with van der Waals surface area (Å²) in [4.78, 5) is 25.5. The fourth-order valence-corrected chi connectivity index (χ4v) is 3.97. The summed E-state index contributed by atoms with van der Waals surface area (Å²) in [6, 6.07) is 9.95. The lowest BCUT2D eigenvalue weighted by atomic mass is 9.98. The number of anilines is 1. The summed E-state index contributed by atoms with van der Waals surface area (Å²) < 4.78 is 47.7. The first-order valence-electron chi connectivity index (χ1n) is 10.9. The lowest BCUT2D eigenvalue weighted by Crippen LogP contribution is -2.32. The first kappa shape index (κ1) is 25.4. The molecule has 2 amide bonds. The van der Waals surface area contributed by atoms with Crippen molar-refractivity contribution < 1.29 is 32.2 Å². The van der Waals surface area contributed by atoms with E-state index in [1.54, 1.807) is 29.2 Å². The van der Waals surface area contributed by atoms with Crippen LogP contribution in [0.25, 0.3) is 0 Å². The van der Waals surface area contributed by atoms with Gasteiger partial charge in [-0.25, -0.2) is 0 Å². The van der Waals surface area contributed by atoms with Crippen LogP contribution in [-0.2, 0) is 17.6 Å². The third kappa shape index (κ3) is 6.63. The average molecular weight is 479 g/mol. The molecule has 0 fully saturated rings. The summed E-state index contributed by atoms with van der Waals surface area (Å²) in [5, 5.41) is 3.29. The number of carbonyl (C=O) groups is 2. The molecular weight excluding hydrogens is 451 g/mol. The van der Waals surface area contributed by atoms with Crippen LogP contribution in [0.3, 0.4) is 0 Å². The highest BCUT2D eigenvalue weighted by Gasteiger charge is 2.29. The van der Waals surface area contributed by atoms with Gasteiger partial charge in [0.05, 0.1) is 11.3 Å². The second kappa shape index (κ2) is 10.8. The minimum atomic E-state index is -4.43. The number of carbonyl (C=O) groups excluding carboxylic acids is 2. The van der Waals surface area contributed by atoms with E-state index in [4.69, 9.17) is 15.2 Å². The van der Waals surface area contributed by atoms with Crippen molar-refractivity contribution in [3.05, 3.63) is 53.1 Å². The number of hydrogen-bond acceptors (Lipinski definition) is 5. The van der Waals surface area contributed by atoms with Crippen molar-refractivity contribution in [2.24, 2.45) is 5.73 Å². The number of nitrogens with zero attached hydrogens (tertiary/aromatic N) is 1. The third-order valence-corrected chi connectivity index (χ3v) is 5.40. The molecule has 0 radical (unpaired) electrons. The molecule has 184 valence electrons. The number of nitrogens with two attached hydrogens (primary N) is 1. The monoisotopic (exact) mass is 479 g/mol. The fraction of sp³-hybridized carbons (Fsp3) is 0.417. The molecule has 3 N–H and O–H groups in total. The maximum Gasteiger partial charge on any atom is 0.422 e. The van der Waals surface area contributed by atoms with Crippen LogP contribution in [-0.4, -0.2) is 50.3 Å². The van der Waals surface area contributed by atoms with Crippen molar-refractivity contribution in [1.82, 2.24) is 5.32 Å². The molecule has 34 heavy (non-hydrogen) atoms. The van der Waals surface area contributed by atoms with E-state index in [1.807, 2.05) is 13.0 Å². The summed E-state index contributed by atoms with van der Waals surface area (Å²) in [6.07, 6.45) is -3.16. The van der Waals surface area contributed by atoms with Gasteiger partial charge in [0.1, 0.15) is 6.61 Å². The molecule has 3 rings (SSSR count). The van der Waals surface area contributed by atoms with Gasteiger partial charge < -0.3 is 25.4 Å². The third-order valence-electron chi connectivity index (χ3n) is 5.40. The zero-order valence-electron chi connectivity index (χ0n) is 19.1. The standard InChI is InChI=1S/C24H28F3N3O4/c1-15(29-8-10-33-20-5-3-4-6-21(20)34-14-24(25,26)27)11-17-12-18-7-9-30(16(2)31)22(18)19(13-17)23(28)32/h3-6,12-13,15,29H,7-11,14H2,1-2H3,(H2,28,32)/t15-/m0/s1. The first-order valence-corrected chi connectivity index (χ1v) is 10.9. The number of rotatable bonds is 10. The Labute approximate surface area is 196 Å². The Kier molecular flexibility index (Phi) is 8.03. The van der Waals surface area contributed by atoms with E-state index in [0.717, 1.165) is 11.1 Å². The van der Waals surface area contributed by atoms with Crippen molar-refractivity contribution in [2.75, 3.05) is 31.2 Å². The molecule has 0 unspecified atom stereocenters. The number of alkyl halides is 3. The Hall–Kier alpha value is -3.27. The van der Waals surface area contributed by atoms with Gasteiger partial charge in [0, 0.05) is 26.1 Å². The Balaban J connectivity index is 1.55. The molecule has 2 aromatic carbocycles. The van der Waals surface area contributed by atoms with Gasteiger partial charge in [0.25, 0.3) is 5.91 Å². The lowest BCUT2D eigenvalue weighted by molar-refractivity contribution is -0.153. The van der Waals surface area contributed by atoms with Crippen LogP contribution in [0.1, 0.15) is 35.3 Å². The van der Waals surface area contributed by atoms with Crippen LogP contribution in [0.4, 0.5) is 18.9 Å². The van der Waals surface area contributed by atoms with Crippen LogP contribution >= 0.6 is 0 Å². The minimum Gasteiger partial charge on any atom is -0.488 e. The summed E-state index contributed by atoms with van der Waals surface area (Å²) in [7, 11) is 0. The number of fused-ring (bicyclic) bond motifs is 1. The van der Waals surface area contributed by atoms with E-state index in [0.29, 0.717) is 37.2 Å². The molecule has 2 aromatic rings.